The molecule has 0 amide bonds. The average Bonchev–Trinajstić information content (AvgIpc) is 1.79. The van der Waals surface area contributed by atoms with Crippen molar-refractivity contribution in [1.82, 2.24) is 0 Å². The lowest BCUT2D eigenvalue weighted by molar-refractivity contribution is -0.0508. The SMILES string of the molecule is CCCCCCCC[C@H]1CCC2C3=C(CC[C@@]21C)[C@@]1(C)CC[C@H](O)CC1=CC3.CCCCCCCC[C@H]1CCC2C3CC=C4C[C@@H](O)CC[C@]4(C)C3CC[C@@]21C.CCCCCCCC[C@H]1[C@H](O)CC2C3=C(CCC21C)c1ccc(O)cc1CC3. The maximum atomic E-state index is 11.0. The molecule has 12 rings (SSSR count). The molecular formula is C80H128O4. The van der Waals surface area contributed by atoms with Gasteiger partial charge < -0.3 is 20.4 Å². The smallest absolute Gasteiger partial charge is 0.115 e. The van der Waals surface area contributed by atoms with E-state index in [0.29, 0.717) is 33.8 Å². The topological polar surface area (TPSA) is 80.9 Å². The van der Waals surface area contributed by atoms with Crippen molar-refractivity contribution in [1.29, 1.82) is 0 Å². The van der Waals surface area contributed by atoms with Crippen LogP contribution in [-0.2, 0) is 6.42 Å². The van der Waals surface area contributed by atoms with Crippen molar-refractivity contribution >= 4 is 5.57 Å². The summed E-state index contributed by atoms with van der Waals surface area (Å²) in [5.74, 6) is 7.01. The van der Waals surface area contributed by atoms with Crippen molar-refractivity contribution in [2.75, 3.05) is 0 Å². The van der Waals surface area contributed by atoms with Crippen LogP contribution in [0, 0.1) is 74.4 Å². The standard InChI is InChI=1S/C27H46O.C27H44O.C26H38O2/c2*1-4-5-6-7-8-9-10-20-12-14-24-23-13-11-21-19-22(28)15-17-27(21,3)25(23)16-18-26(20,24)2;1-3-4-5-6-7-8-9-23-25(28)17-24-22-12-10-18-16-19(27)11-13-20(18)21(22)14-15-26(23,24)2/h11,20,22-25,28H,4-10,12-19H2,1-3H3;11,20,22,24,28H,4-10,12-19H2,1-3H3;11,13,16,23-25,27-28H,3-10,12,14-15,17H2,1-2H3/t20-,22-,23?,24?,25?,26+,27-;20-,22-,24?,26+,27-;23-,24?,25+,26?/m000/s1. The average molecular weight is 1150 g/mol. The van der Waals surface area contributed by atoms with Gasteiger partial charge in [0.2, 0.25) is 0 Å². The van der Waals surface area contributed by atoms with Crippen LogP contribution < -0.4 is 0 Å². The van der Waals surface area contributed by atoms with Gasteiger partial charge in [-0.2, -0.15) is 0 Å². The molecule has 11 aliphatic rings. The molecule has 0 radical (unpaired) electrons. The molecule has 4 N–H and O–H groups in total. The molecule has 0 saturated heterocycles. The summed E-state index contributed by atoms with van der Waals surface area (Å²) in [5.41, 5.74) is 14.9. The Hall–Kier alpha value is -2.14. The number of aryl methyl sites for hydroxylation is 1. The highest BCUT2D eigenvalue weighted by atomic mass is 16.3. The first-order valence-electron chi connectivity index (χ1n) is 37.2. The number of hydrogen-bond acceptors (Lipinski definition) is 4. The Bertz CT molecular complexity index is 2450. The quantitative estimate of drug-likeness (QED) is 0.0730. The number of phenols is 1. The van der Waals surface area contributed by atoms with E-state index in [2.05, 4.69) is 73.6 Å². The summed E-state index contributed by atoms with van der Waals surface area (Å²) < 4.78 is 0. The maximum absolute atomic E-state index is 11.0. The van der Waals surface area contributed by atoms with Gasteiger partial charge in [0.15, 0.2) is 0 Å². The van der Waals surface area contributed by atoms with Crippen LogP contribution in [0.15, 0.2) is 58.2 Å². The second kappa shape index (κ2) is 28.4. The van der Waals surface area contributed by atoms with E-state index in [1.807, 2.05) is 23.3 Å². The highest BCUT2D eigenvalue weighted by molar-refractivity contribution is 5.75. The summed E-state index contributed by atoms with van der Waals surface area (Å²) >= 11 is 0. The lowest BCUT2D eigenvalue weighted by atomic mass is 9.47. The highest BCUT2D eigenvalue weighted by Gasteiger charge is 2.59. The Labute approximate surface area is 516 Å². The third kappa shape index (κ3) is 13.2. The number of benzene rings is 1. The van der Waals surface area contributed by atoms with Gasteiger partial charge in [-0.05, 0) is 252 Å². The first kappa shape index (κ1) is 64.8. The Morgan fingerprint density at radius 3 is 1.80 bits per heavy atom. The summed E-state index contributed by atoms with van der Waals surface area (Å²) in [5, 5.41) is 41.2. The van der Waals surface area contributed by atoms with Crippen molar-refractivity contribution < 1.29 is 20.4 Å². The van der Waals surface area contributed by atoms with Crippen molar-refractivity contribution in [2.45, 2.75) is 343 Å². The summed E-state index contributed by atoms with van der Waals surface area (Å²) in [6, 6.07) is 5.92. The molecule has 0 spiro atoms. The number of aliphatic hydroxyl groups is 3. The van der Waals surface area contributed by atoms with Gasteiger partial charge in [-0.3, -0.25) is 0 Å². The fraction of sp³-hybridized carbons (Fsp3) is 0.825. The second-order valence-corrected chi connectivity index (χ2v) is 32.5. The Kier molecular flexibility index (Phi) is 21.9. The zero-order valence-corrected chi connectivity index (χ0v) is 55.7. The largest absolute Gasteiger partial charge is 0.508 e. The Balaban J connectivity index is 0.000000140. The predicted molar refractivity (Wildman–Crippen MR) is 355 cm³/mol. The number of fused-ring (bicyclic) bond motifs is 13. The van der Waals surface area contributed by atoms with E-state index >= 15 is 0 Å². The van der Waals surface area contributed by atoms with E-state index in [-0.39, 0.29) is 29.1 Å². The zero-order chi connectivity index (χ0) is 59.3. The normalized spacial score (nSPS) is 38.9. The molecule has 472 valence electrons. The van der Waals surface area contributed by atoms with Gasteiger partial charge in [-0.1, -0.05) is 217 Å². The molecule has 6 fully saturated rings. The van der Waals surface area contributed by atoms with Crippen LogP contribution >= 0.6 is 0 Å². The van der Waals surface area contributed by atoms with Crippen molar-refractivity contribution in [3.8, 4) is 5.75 Å². The van der Waals surface area contributed by atoms with Crippen LogP contribution in [0.4, 0.5) is 0 Å². The van der Waals surface area contributed by atoms with Gasteiger partial charge in [0.1, 0.15) is 5.75 Å². The molecule has 11 aliphatic carbocycles. The van der Waals surface area contributed by atoms with Crippen LogP contribution in [0.5, 0.6) is 5.75 Å². The third-order valence-electron chi connectivity index (χ3n) is 28.0. The van der Waals surface area contributed by atoms with Crippen LogP contribution in [0.1, 0.15) is 330 Å². The zero-order valence-electron chi connectivity index (χ0n) is 55.7. The number of rotatable bonds is 21. The van der Waals surface area contributed by atoms with E-state index in [4.69, 9.17) is 0 Å². The molecular weight excluding hydrogens is 1020 g/mol. The fourth-order valence-corrected chi connectivity index (χ4v) is 22.7. The van der Waals surface area contributed by atoms with Gasteiger partial charge in [0.25, 0.3) is 0 Å². The first-order valence-corrected chi connectivity index (χ1v) is 37.2. The number of hydrogen-bond donors (Lipinski definition) is 4. The molecule has 1 aromatic carbocycles. The summed E-state index contributed by atoms with van der Waals surface area (Å²) in [7, 11) is 0. The lowest BCUT2D eigenvalue weighted by Gasteiger charge is -2.58. The number of aliphatic hydroxyl groups excluding tert-OH is 3. The molecule has 4 heteroatoms. The molecule has 6 saturated carbocycles. The van der Waals surface area contributed by atoms with E-state index < -0.39 is 0 Å². The minimum atomic E-state index is -0.126. The van der Waals surface area contributed by atoms with Gasteiger partial charge in [-0.15, -0.1) is 0 Å². The second-order valence-electron chi connectivity index (χ2n) is 32.5. The molecule has 0 heterocycles. The van der Waals surface area contributed by atoms with Crippen LogP contribution in [0.25, 0.3) is 5.57 Å². The molecule has 0 aliphatic heterocycles. The molecule has 84 heavy (non-hydrogen) atoms. The van der Waals surface area contributed by atoms with Gasteiger partial charge >= 0.3 is 0 Å². The molecule has 0 aromatic heterocycles. The number of unbranched alkanes of at least 4 members (excludes halogenated alkanes) is 15. The summed E-state index contributed by atoms with van der Waals surface area (Å²) in [6.07, 6.45) is 60.1. The van der Waals surface area contributed by atoms with E-state index in [9.17, 15) is 20.4 Å². The highest BCUT2D eigenvalue weighted by Crippen LogP contribution is 2.68. The lowest BCUT2D eigenvalue weighted by Crippen LogP contribution is -2.50. The Morgan fingerprint density at radius 1 is 0.500 bits per heavy atom. The number of aromatic hydroxyl groups is 1. The van der Waals surface area contributed by atoms with Crippen molar-refractivity contribution in [3.05, 3.63) is 69.3 Å². The number of allylic oxidation sites excluding steroid dienone is 6. The number of phenolic OH excluding ortho intramolecular Hbond substituents is 1. The molecule has 1 aromatic rings. The molecule has 0 bridgehead atoms. The van der Waals surface area contributed by atoms with E-state index in [0.717, 1.165) is 86.9 Å². The molecule has 6 unspecified atom stereocenters. The van der Waals surface area contributed by atoms with Gasteiger partial charge in [0.05, 0.1) is 18.3 Å². The summed E-state index contributed by atoms with van der Waals surface area (Å²) in [4.78, 5) is 0. The minimum absolute atomic E-state index is 0.0714. The Morgan fingerprint density at radius 2 is 1.11 bits per heavy atom. The summed E-state index contributed by atoms with van der Waals surface area (Å²) in [6.45, 7) is 19.8. The molecule has 4 nitrogen and oxygen atoms in total. The first-order chi connectivity index (χ1) is 40.5. The minimum Gasteiger partial charge on any atom is -0.508 e. The van der Waals surface area contributed by atoms with Crippen molar-refractivity contribution in [2.24, 2.45) is 74.4 Å². The van der Waals surface area contributed by atoms with Crippen LogP contribution in [0.2, 0.25) is 0 Å². The van der Waals surface area contributed by atoms with Crippen LogP contribution in [-0.4, -0.2) is 38.7 Å². The third-order valence-corrected chi connectivity index (χ3v) is 28.0. The van der Waals surface area contributed by atoms with Crippen LogP contribution in [0.3, 0.4) is 0 Å². The fourth-order valence-electron chi connectivity index (χ4n) is 22.7. The monoisotopic (exact) mass is 1150 g/mol. The van der Waals surface area contributed by atoms with Crippen molar-refractivity contribution in [3.63, 3.8) is 0 Å². The maximum Gasteiger partial charge on any atom is 0.115 e. The van der Waals surface area contributed by atoms with Gasteiger partial charge in [-0.25, -0.2) is 0 Å². The van der Waals surface area contributed by atoms with E-state index in [1.165, 1.54) is 235 Å². The predicted octanol–water partition coefficient (Wildman–Crippen LogP) is 22.1. The van der Waals surface area contributed by atoms with E-state index in [1.54, 1.807) is 16.7 Å². The van der Waals surface area contributed by atoms with Gasteiger partial charge in [0, 0.05) is 5.41 Å². The molecule has 16 atom stereocenters.